The number of carboxylic acids is 1. The fourth-order valence-electron chi connectivity index (χ4n) is 6.08. The predicted molar refractivity (Wildman–Crippen MR) is 109 cm³/mol. The van der Waals surface area contributed by atoms with Crippen LogP contribution in [0.5, 0.6) is 0 Å². The predicted octanol–water partition coefficient (Wildman–Crippen LogP) is 1.57. The van der Waals surface area contributed by atoms with Gasteiger partial charge in [-0.1, -0.05) is 0 Å². The number of hydrogen-bond donors (Lipinski definition) is 5. The molecule has 9 heteroatoms. The van der Waals surface area contributed by atoms with E-state index in [-0.39, 0.29) is 30.3 Å². The van der Waals surface area contributed by atoms with Crippen LogP contribution in [-0.4, -0.2) is 51.1 Å². The fourth-order valence-corrected chi connectivity index (χ4v) is 6.08. The standard InChI is InChI=1S/C21H31N5O4/c27-18(25-17(19(28)29)7-16-11-22-12-24-16)2-1-3-23-20(30)26-21-8-13-4-14(9-21)6-15(5-13)10-21/h11-15,17H,1-10H2,(H,22,24)(H,25,27)(H,28,29)(H2,23,26,30)/t13?,14?,15?,17-,21?/m0/s1. The van der Waals surface area contributed by atoms with Crippen LogP contribution in [0.1, 0.15) is 57.1 Å². The summed E-state index contributed by atoms with van der Waals surface area (Å²) in [7, 11) is 0. The summed E-state index contributed by atoms with van der Waals surface area (Å²) >= 11 is 0. The topological polar surface area (TPSA) is 136 Å². The Bertz CT molecular complexity index is 743. The molecule has 4 saturated carbocycles. The van der Waals surface area contributed by atoms with E-state index < -0.39 is 12.0 Å². The molecule has 1 aromatic rings. The van der Waals surface area contributed by atoms with Gasteiger partial charge in [0.2, 0.25) is 5.91 Å². The molecule has 30 heavy (non-hydrogen) atoms. The van der Waals surface area contributed by atoms with Crippen molar-refractivity contribution in [1.82, 2.24) is 25.9 Å². The minimum atomic E-state index is -1.09. The molecular weight excluding hydrogens is 386 g/mol. The first-order valence-electron chi connectivity index (χ1n) is 11.0. The van der Waals surface area contributed by atoms with Crippen LogP contribution in [0.2, 0.25) is 0 Å². The number of carbonyl (C=O) groups excluding carboxylic acids is 2. The van der Waals surface area contributed by atoms with Crippen LogP contribution in [-0.2, 0) is 16.0 Å². The van der Waals surface area contributed by atoms with Crippen LogP contribution in [0.4, 0.5) is 4.79 Å². The second kappa shape index (κ2) is 8.65. The zero-order valence-corrected chi connectivity index (χ0v) is 17.2. The molecule has 3 amide bonds. The summed E-state index contributed by atoms with van der Waals surface area (Å²) in [5.74, 6) is 0.869. The number of H-pyrrole nitrogens is 1. The smallest absolute Gasteiger partial charge is 0.326 e. The molecule has 5 rings (SSSR count). The number of rotatable bonds is 9. The molecule has 0 saturated heterocycles. The molecule has 5 N–H and O–H groups in total. The first-order chi connectivity index (χ1) is 14.4. The number of aromatic amines is 1. The van der Waals surface area contributed by atoms with E-state index in [1.807, 2.05) is 0 Å². The number of carboxylic acid groups (broad SMARTS) is 1. The first-order valence-corrected chi connectivity index (χ1v) is 11.0. The number of hydrogen-bond acceptors (Lipinski definition) is 4. The Morgan fingerprint density at radius 2 is 1.83 bits per heavy atom. The fraction of sp³-hybridized carbons (Fsp3) is 0.714. The summed E-state index contributed by atoms with van der Waals surface area (Å²) in [5.41, 5.74) is 0.614. The molecule has 4 aliphatic rings. The van der Waals surface area contributed by atoms with Crippen LogP contribution < -0.4 is 16.0 Å². The van der Waals surface area contributed by atoms with Gasteiger partial charge in [0.1, 0.15) is 6.04 Å². The molecule has 0 radical (unpaired) electrons. The van der Waals surface area contributed by atoms with E-state index >= 15 is 0 Å². The number of aromatic nitrogens is 2. The number of nitrogens with one attached hydrogen (secondary N) is 4. The molecular formula is C21H31N5O4. The summed E-state index contributed by atoms with van der Waals surface area (Å²) in [4.78, 5) is 42.6. The summed E-state index contributed by atoms with van der Waals surface area (Å²) in [6.07, 6.45) is 11.0. The van der Waals surface area contributed by atoms with E-state index in [1.54, 1.807) is 0 Å². The van der Waals surface area contributed by atoms with Crippen molar-refractivity contribution >= 4 is 17.9 Å². The molecule has 4 aliphatic carbocycles. The number of urea groups is 1. The second-order valence-corrected chi connectivity index (χ2v) is 9.42. The Kier molecular flexibility index (Phi) is 5.97. The van der Waals surface area contributed by atoms with Gasteiger partial charge < -0.3 is 26.0 Å². The van der Waals surface area contributed by atoms with E-state index in [0.29, 0.717) is 18.7 Å². The van der Waals surface area contributed by atoms with Gasteiger partial charge in [0.05, 0.1) is 6.33 Å². The number of imidazole rings is 1. The largest absolute Gasteiger partial charge is 0.480 e. The van der Waals surface area contributed by atoms with E-state index in [9.17, 15) is 19.5 Å². The van der Waals surface area contributed by atoms with E-state index in [4.69, 9.17) is 0 Å². The Morgan fingerprint density at radius 1 is 1.17 bits per heavy atom. The van der Waals surface area contributed by atoms with Crippen molar-refractivity contribution in [3.05, 3.63) is 18.2 Å². The maximum absolute atomic E-state index is 12.4. The molecule has 9 nitrogen and oxygen atoms in total. The van der Waals surface area contributed by atoms with Gasteiger partial charge in [-0.15, -0.1) is 0 Å². The van der Waals surface area contributed by atoms with E-state index in [1.165, 1.54) is 31.8 Å². The highest BCUT2D eigenvalue weighted by Crippen LogP contribution is 2.55. The van der Waals surface area contributed by atoms with Crippen LogP contribution >= 0.6 is 0 Å². The summed E-state index contributed by atoms with van der Waals surface area (Å²) in [6, 6.07) is -1.16. The Hall–Kier alpha value is -2.58. The molecule has 1 atom stereocenters. The van der Waals surface area contributed by atoms with Gasteiger partial charge in [0, 0.05) is 36.8 Å². The number of carbonyl (C=O) groups is 3. The Labute approximate surface area is 175 Å². The van der Waals surface area contributed by atoms with Crippen LogP contribution in [0.3, 0.4) is 0 Å². The average molecular weight is 418 g/mol. The molecule has 1 heterocycles. The highest BCUT2D eigenvalue weighted by atomic mass is 16.4. The lowest BCUT2D eigenvalue weighted by molar-refractivity contribution is -0.141. The van der Waals surface area contributed by atoms with Gasteiger partial charge in [-0.05, 0) is 62.7 Å². The molecule has 164 valence electrons. The lowest BCUT2D eigenvalue weighted by atomic mass is 9.53. The van der Waals surface area contributed by atoms with Crippen LogP contribution in [0.15, 0.2) is 12.5 Å². The quantitative estimate of drug-likeness (QED) is 0.389. The summed E-state index contributed by atoms with van der Waals surface area (Å²) in [6.45, 7) is 0.379. The van der Waals surface area contributed by atoms with Crippen LogP contribution in [0, 0.1) is 17.8 Å². The van der Waals surface area contributed by atoms with Crippen molar-refractivity contribution in [2.24, 2.45) is 17.8 Å². The number of aliphatic carboxylic acids is 1. The average Bonchev–Trinajstić information content (AvgIpc) is 3.16. The minimum Gasteiger partial charge on any atom is -0.480 e. The van der Waals surface area contributed by atoms with Gasteiger partial charge in [-0.2, -0.15) is 0 Å². The molecule has 4 fully saturated rings. The van der Waals surface area contributed by atoms with E-state index in [2.05, 4.69) is 25.9 Å². The van der Waals surface area contributed by atoms with E-state index in [0.717, 1.165) is 37.0 Å². The zero-order valence-electron chi connectivity index (χ0n) is 17.2. The van der Waals surface area contributed by atoms with Crippen molar-refractivity contribution in [3.63, 3.8) is 0 Å². The maximum atomic E-state index is 12.4. The summed E-state index contributed by atoms with van der Waals surface area (Å²) < 4.78 is 0. The third-order valence-corrected chi connectivity index (χ3v) is 6.90. The Morgan fingerprint density at radius 3 is 2.40 bits per heavy atom. The van der Waals surface area contributed by atoms with Crippen molar-refractivity contribution in [2.75, 3.05) is 6.54 Å². The van der Waals surface area contributed by atoms with Crippen molar-refractivity contribution in [2.45, 2.75) is 69.4 Å². The van der Waals surface area contributed by atoms with Gasteiger partial charge in [0.25, 0.3) is 0 Å². The highest BCUT2D eigenvalue weighted by Gasteiger charge is 2.51. The maximum Gasteiger partial charge on any atom is 0.326 e. The normalized spacial score (nSPS) is 29.9. The van der Waals surface area contributed by atoms with Crippen molar-refractivity contribution < 1.29 is 19.5 Å². The lowest BCUT2D eigenvalue weighted by Crippen LogP contribution is -2.61. The lowest BCUT2D eigenvalue weighted by Gasteiger charge is -2.56. The summed E-state index contributed by atoms with van der Waals surface area (Å²) in [5, 5.41) is 17.9. The van der Waals surface area contributed by atoms with Gasteiger partial charge in [-0.25, -0.2) is 14.6 Å². The minimum absolute atomic E-state index is 0.0302. The number of amides is 3. The second-order valence-electron chi connectivity index (χ2n) is 9.42. The van der Waals surface area contributed by atoms with Crippen LogP contribution in [0.25, 0.3) is 0 Å². The zero-order chi connectivity index (χ0) is 21.1. The molecule has 4 bridgehead atoms. The van der Waals surface area contributed by atoms with Gasteiger partial charge in [0.15, 0.2) is 0 Å². The third kappa shape index (κ3) is 4.94. The molecule has 0 unspecified atom stereocenters. The Balaban J connectivity index is 1.15. The SMILES string of the molecule is O=C(CCCNC(=O)NC12CC3CC(CC(C3)C1)C2)N[C@@H](Cc1cnc[nH]1)C(=O)O. The molecule has 0 aliphatic heterocycles. The third-order valence-electron chi connectivity index (χ3n) is 6.90. The molecule has 0 aromatic carbocycles. The highest BCUT2D eigenvalue weighted by molar-refractivity contribution is 5.83. The number of nitrogens with zero attached hydrogens (tertiary/aromatic N) is 1. The molecule has 1 aromatic heterocycles. The van der Waals surface area contributed by atoms with Crippen molar-refractivity contribution in [3.8, 4) is 0 Å². The monoisotopic (exact) mass is 417 g/mol. The van der Waals surface area contributed by atoms with Crippen molar-refractivity contribution in [1.29, 1.82) is 0 Å². The van der Waals surface area contributed by atoms with Gasteiger partial charge in [-0.3, -0.25) is 4.79 Å². The molecule has 0 spiro atoms. The first kappa shape index (κ1) is 20.7. The van der Waals surface area contributed by atoms with Gasteiger partial charge >= 0.3 is 12.0 Å².